The Hall–Kier alpha value is -3.03. The highest BCUT2D eigenvalue weighted by Gasteiger charge is 2.21. The van der Waals surface area contributed by atoms with Crippen molar-refractivity contribution in [2.24, 2.45) is 0 Å². The van der Waals surface area contributed by atoms with Gasteiger partial charge in [0.1, 0.15) is 17.3 Å². The molecule has 2 N–H and O–H groups in total. The molecule has 0 unspecified atom stereocenters. The van der Waals surface area contributed by atoms with Gasteiger partial charge in [-0.15, -0.1) is 0 Å². The van der Waals surface area contributed by atoms with Gasteiger partial charge in [-0.05, 0) is 60.9 Å². The van der Waals surface area contributed by atoms with Crippen molar-refractivity contribution in [3.8, 4) is 5.75 Å². The molecule has 0 aromatic heterocycles. The van der Waals surface area contributed by atoms with Crippen molar-refractivity contribution < 1.29 is 17.9 Å². The number of sulfonamides is 1. The Balaban J connectivity index is 1.61. The van der Waals surface area contributed by atoms with E-state index in [4.69, 9.17) is 16.3 Å². The summed E-state index contributed by atoms with van der Waals surface area (Å²) in [5, 5.41) is 2.77. The number of carbonyl (C=O) groups is 1. The van der Waals surface area contributed by atoms with E-state index in [2.05, 4.69) is 17.0 Å². The lowest BCUT2D eigenvalue weighted by atomic mass is 10.1. The number of amides is 1. The van der Waals surface area contributed by atoms with Crippen LogP contribution in [0.3, 0.4) is 0 Å². The number of nitrogens with one attached hydrogen (secondary N) is 2. The van der Waals surface area contributed by atoms with Gasteiger partial charge in [-0.3, -0.25) is 9.52 Å². The first-order valence-corrected chi connectivity index (χ1v) is 12.5. The third-order valence-electron chi connectivity index (χ3n) is 4.99. The Bertz CT molecular complexity index is 1210. The van der Waals surface area contributed by atoms with E-state index >= 15 is 0 Å². The maximum absolute atomic E-state index is 12.9. The van der Waals surface area contributed by atoms with Crippen molar-refractivity contribution >= 4 is 33.2 Å². The molecule has 0 fully saturated rings. The van der Waals surface area contributed by atoms with Gasteiger partial charge in [0, 0.05) is 5.56 Å². The first-order valence-electron chi connectivity index (χ1n) is 10.7. The number of benzene rings is 3. The number of ether oxygens (including phenoxy) is 1. The molecule has 0 bridgehead atoms. The van der Waals surface area contributed by atoms with E-state index in [9.17, 15) is 13.2 Å². The summed E-state index contributed by atoms with van der Waals surface area (Å²) in [6, 6.07) is 19.0. The maximum Gasteiger partial charge on any atom is 0.263 e. The average molecular weight is 487 g/mol. The molecule has 0 spiro atoms. The molecule has 1 amide bonds. The molecule has 0 aliphatic rings. The Morgan fingerprint density at radius 3 is 2.45 bits per heavy atom. The molecule has 0 saturated heterocycles. The second-order valence-corrected chi connectivity index (χ2v) is 9.62. The molecular formula is C25H27ClN2O4S. The van der Waals surface area contributed by atoms with E-state index in [0.29, 0.717) is 5.69 Å². The summed E-state index contributed by atoms with van der Waals surface area (Å²) in [6.07, 6.45) is 2.11. The van der Waals surface area contributed by atoms with Crippen LogP contribution in [0, 0.1) is 6.92 Å². The zero-order valence-electron chi connectivity index (χ0n) is 18.6. The predicted molar refractivity (Wildman–Crippen MR) is 132 cm³/mol. The van der Waals surface area contributed by atoms with Crippen LogP contribution in [0.4, 0.5) is 5.69 Å². The molecule has 0 saturated carbocycles. The highest BCUT2D eigenvalue weighted by molar-refractivity contribution is 7.92. The Morgan fingerprint density at radius 1 is 1.03 bits per heavy atom. The minimum Gasteiger partial charge on any atom is -0.492 e. The van der Waals surface area contributed by atoms with Crippen molar-refractivity contribution in [2.75, 3.05) is 17.9 Å². The lowest BCUT2D eigenvalue weighted by Crippen LogP contribution is -2.28. The van der Waals surface area contributed by atoms with Crippen molar-refractivity contribution in [3.05, 3.63) is 88.4 Å². The smallest absolute Gasteiger partial charge is 0.263 e. The van der Waals surface area contributed by atoms with Gasteiger partial charge in [-0.2, -0.15) is 0 Å². The zero-order valence-corrected chi connectivity index (χ0v) is 20.2. The van der Waals surface area contributed by atoms with Gasteiger partial charge in [0.15, 0.2) is 0 Å². The predicted octanol–water partition coefficient (Wildman–Crippen LogP) is 5.21. The summed E-state index contributed by atoms with van der Waals surface area (Å²) < 4.78 is 34.0. The second kappa shape index (κ2) is 11.2. The van der Waals surface area contributed by atoms with Crippen LogP contribution in [-0.4, -0.2) is 27.5 Å². The van der Waals surface area contributed by atoms with Crippen molar-refractivity contribution in [1.29, 1.82) is 0 Å². The molecule has 8 heteroatoms. The van der Waals surface area contributed by atoms with Crippen LogP contribution in [0.1, 0.15) is 34.8 Å². The highest BCUT2D eigenvalue weighted by Crippen LogP contribution is 2.26. The van der Waals surface area contributed by atoms with E-state index in [1.807, 2.05) is 30.3 Å². The summed E-state index contributed by atoms with van der Waals surface area (Å²) in [4.78, 5) is 12.4. The lowest BCUT2D eigenvalue weighted by Gasteiger charge is -2.13. The van der Waals surface area contributed by atoms with Crippen molar-refractivity contribution in [3.63, 3.8) is 0 Å². The average Bonchev–Trinajstić information content (AvgIpc) is 2.79. The quantitative estimate of drug-likeness (QED) is 0.385. The van der Waals surface area contributed by atoms with E-state index in [1.165, 1.54) is 23.8 Å². The zero-order chi connectivity index (χ0) is 23.8. The SMILES string of the molecule is CCCc1ccc(OCCNC(=O)c2ccc(Cl)c(S(=O)(=O)Nc3ccccc3C)c2)cc1. The molecule has 3 rings (SSSR count). The van der Waals surface area contributed by atoms with Crippen LogP contribution in [0.15, 0.2) is 71.6 Å². The fourth-order valence-electron chi connectivity index (χ4n) is 3.21. The molecule has 174 valence electrons. The number of para-hydroxylation sites is 1. The summed E-state index contributed by atoms with van der Waals surface area (Å²) >= 11 is 6.15. The number of aryl methyl sites for hydroxylation is 2. The standard InChI is InChI=1S/C25H27ClN2O4S/c1-3-6-19-9-12-21(13-10-19)32-16-15-27-25(29)20-11-14-22(26)24(17-20)33(30,31)28-23-8-5-4-7-18(23)2/h4-5,7-14,17,28H,3,6,15-16H2,1-2H3,(H,27,29). The first kappa shape index (κ1) is 24.6. The molecule has 0 aliphatic carbocycles. The van der Waals surface area contributed by atoms with Gasteiger partial charge in [-0.25, -0.2) is 8.42 Å². The lowest BCUT2D eigenvalue weighted by molar-refractivity contribution is 0.0947. The van der Waals surface area contributed by atoms with E-state index in [1.54, 1.807) is 25.1 Å². The molecule has 0 aliphatic heterocycles. The largest absolute Gasteiger partial charge is 0.492 e. The Labute approximate surface area is 200 Å². The maximum atomic E-state index is 12.9. The number of anilines is 1. The third-order valence-corrected chi connectivity index (χ3v) is 6.84. The molecule has 33 heavy (non-hydrogen) atoms. The summed E-state index contributed by atoms with van der Waals surface area (Å²) in [7, 11) is -3.98. The van der Waals surface area contributed by atoms with Crippen LogP contribution < -0.4 is 14.8 Å². The van der Waals surface area contributed by atoms with Crippen LogP contribution >= 0.6 is 11.6 Å². The van der Waals surface area contributed by atoms with Crippen LogP contribution in [0.5, 0.6) is 5.75 Å². The minimum atomic E-state index is -3.98. The Morgan fingerprint density at radius 2 is 1.76 bits per heavy atom. The second-order valence-electron chi connectivity index (χ2n) is 7.56. The number of rotatable bonds is 10. The summed E-state index contributed by atoms with van der Waals surface area (Å²) in [6.45, 7) is 4.48. The highest BCUT2D eigenvalue weighted by atomic mass is 35.5. The molecule has 3 aromatic rings. The van der Waals surface area contributed by atoms with Gasteiger partial charge in [0.2, 0.25) is 0 Å². The van der Waals surface area contributed by atoms with Gasteiger partial charge < -0.3 is 10.1 Å². The van der Waals surface area contributed by atoms with E-state index in [0.717, 1.165) is 24.2 Å². The van der Waals surface area contributed by atoms with Crippen LogP contribution in [0.25, 0.3) is 0 Å². The van der Waals surface area contributed by atoms with Gasteiger partial charge in [0.05, 0.1) is 17.3 Å². The number of halogens is 1. The normalized spacial score (nSPS) is 11.1. The fraction of sp³-hybridized carbons (Fsp3) is 0.240. The molecule has 0 atom stereocenters. The van der Waals surface area contributed by atoms with Gasteiger partial charge in [-0.1, -0.05) is 55.3 Å². The van der Waals surface area contributed by atoms with E-state index < -0.39 is 15.9 Å². The number of carbonyl (C=O) groups excluding carboxylic acids is 1. The number of hydrogen-bond acceptors (Lipinski definition) is 4. The fourth-order valence-corrected chi connectivity index (χ4v) is 4.87. The topological polar surface area (TPSA) is 84.5 Å². The van der Waals surface area contributed by atoms with Crippen LogP contribution in [0.2, 0.25) is 5.02 Å². The van der Waals surface area contributed by atoms with Crippen molar-refractivity contribution in [1.82, 2.24) is 5.32 Å². The molecular weight excluding hydrogens is 460 g/mol. The minimum absolute atomic E-state index is 0.0301. The molecule has 0 radical (unpaired) electrons. The van der Waals surface area contributed by atoms with Gasteiger partial charge in [0.25, 0.3) is 15.9 Å². The van der Waals surface area contributed by atoms with E-state index in [-0.39, 0.29) is 28.6 Å². The summed E-state index contributed by atoms with van der Waals surface area (Å²) in [5.74, 6) is 0.312. The Kier molecular flexibility index (Phi) is 8.36. The third kappa shape index (κ3) is 6.73. The van der Waals surface area contributed by atoms with Crippen LogP contribution in [-0.2, 0) is 16.4 Å². The summed E-state index contributed by atoms with van der Waals surface area (Å²) in [5.41, 5.74) is 2.66. The monoisotopic (exact) mass is 486 g/mol. The molecule has 6 nitrogen and oxygen atoms in total. The molecule has 0 heterocycles. The number of hydrogen-bond donors (Lipinski definition) is 2. The van der Waals surface area contributed by atoms with Gasteiger partial charge >= 0.3 is 0 Å². The van der Waals surface area contributed by atoms with Crippen molar-refractivity contribution in [2.45, 2.75) is 31.6 Å². The first-order chi connectivity index (χ1) is 15.8. The molecule has 3 aromatic carbocycles.